The second-order valence-electron chi connectivity index (χ2n) is 19.5. The van der Waals surface area contributed by atoms with Crippen molar-refractivity contribution in [2.75, 3.05) is 41.0 Å². The largest absolute Gasteiger partial charge is 0.477 e. The van der Waals surface area contributed by atoms with Crippen molar-refractivity contribution in [1.82, 2.24) is 0 Å². The van der Waals surface area contributed by atoms with E-state index in [0.29, 0.717) is 19.3 Å². The number of carboxylic acid groups (broad SMARTS) is 1. The number of likely N-dealkylation sites (N-methyl/N-ethyl adjacent to an activating group) is 1. The van der Waals surface area contributed by atoms with Crippen molar-refractivity contribution in [3.05, 3.63) is 0 Å². The minimum Gasteiger partial charge on any atom is -0.477 e. The molecule has 0 bridgehead atoms. The number of esters is 2. The number of carboxylic acids is 1. The van der Waals surface area contributed by atoms with Gasteiger partial charge in [0, 0.05) is 19.3 Å². The SMILES string of the molecule is CCCCCCCCCCCCCCCCCCCCCCCCCC(=O)OC(COCCC(C(=O)O)[N+](C)(C)C)COC(=O)CCCCCCCCCCCCCCCC. The molecule has 0 saturated carbocycles. The van der Waals surface area contributed by atoms with Crippen molar-refractivity contribution in [1.29, 1.82) is 0 Å². The van der Waals surface area contributed by atoms with Crippen LogP contribution >= 0.6 is 0 Å². The van der Waals surface area contributed by atoms with Crippen LogP contribution in [0.4, 0.5) is 0 Å². The third kappa shape index (κ3) is 43.4. The summed E-state index contributed by atoms with van der Waals surface area (Å²) in [7, 11) is 5.55. The highest BCUT2D eigenvalue weighted by Crippen LogP contribution is 2.17. The number of carbonyl (C=O) groups is 3. The van der Waals surface area contributed by atoms with E-state index >= 15 is 0 Å². The highest BCUT2D eigenvalue weighted by atomic mass is 16.6. The summed E-state index contributed by atoms with van der Waals surface area (Å²) in [5.74, 6) is -1.44. The van der Waals surface area contributed by atoms with Crippen LogP contribution in [0.3, 0.4) is 0 Å². The average molecular weight is 867 g/mol. The fourth-order valence-corrected chi connectivity index (χ4v) is 8.39. The number of rotatable bonds is 49. The Morgan fingerprint density at radius 1 is 0.426 bits per heavy atom. The molecule has 0 aromatic carbocycles. The van der Waals surface area contributed by atoms with Gasteiger partial charge in [0.25, 0.3) is 0 Å². The maximum atomic E-state index is 12.8. The first kappa shape index (κ1) is 59.3. The summed E-state index contributed by atoms with van der Waals surface area (Å²) in [5, 5.41) is 9.65. The van der Waals surface area contributed by atoms with Gasteiger partial charge in [-0.2, -0.15) is 0 Å². The molecule has 0 aliphatic heterocycles. The van der Waals surface area contributed by atoms with Gasteiger partial charge in [-0.3, -0.25) is 9.59 Å². The second-order valence-corrected chi connectivity index (χ2v) is 19.5. The second kappa shape index (κ2) is 44.9. The lowest BCUT2D eigenvalue weighted by Crippen LogP contribution is -2.50. The predicted octanol–water partition coefficient (Wildman–Crippen LogP) is 15.3. The first-order valence-electron chi connectivity index (χ1n) is 26.6. The molecular formula is C53H104NO7+. The third-order valence-electron chi connectivity index (χ3n) is 12.5. The van der Waals surface area contributed by atoms with Crippen LogP contribution in [0, 0.1) is 0 Å². The zero-order chi connectivity index (χ0) is 44.9. The van der Waals surface area contributed by atoms with Crippen molar-refractivity contribution in [3.63, 3.8) is 0 Å². The molecule has 0 rings (SSSR count). The number of aliphatic carboxylic acids is 1. The van der Waals surface area contributed by atoms with Crippen LogP contribution in [-0.2, 0) is 28.6 Å². The summed E-state index contributed by atoms with van der Waals surface area (Å²) in [6, 6.07) is -0.609. The van der Waals surface area contributed by atoms with Gasteiger partial charge in [-0.15, -0.1) is 0 Å². The molecular weight excluding hydrogens is 763 g/mol. The van der Waals surface area contributed by atoms with Gasteiger partial charge in [-0.05, 0) is 12.8 Å². The lowest BCUT2D eigenvalue weighted by Gasteiger charge is -2.31. The molecule has 362 valence electrons. The Morgan fingerprint density at radius 3 is 1.02 bits per heavy atom. The minimum atomic E-state index is -0.869. The van der Waals surface area contributed by atoms with E-state index in [-0.39, 0.29) is 36.2 Å². The summed E-state index contributed by atoms with van der Waals surface area (Å²) in [4.78, 5) is 37.1. The Kier molecular flexibility index (Phi) is 43.7. The van der Waals surface area contributed by atoms with Crippen molar-refractivity contribution < 1.29 is 38.2 Å². The van der Waals surface area contributed by atoms with Gasteiger partial charge in [-0.25, -0.2) is 4.79 Å². The number of unbranched alkanes of at least 4 members (excludes halogenated alkanes) is 35. The van der Waals surface area contributed by atoms with Gasteiger partial charge in [0.05, 0.1) is 34.4 Å². The number of ether oxygens (including phenoxy) is 3. The van der Waals surface area contributed by atoms with E-state index in [1.54, 1.807) is 0 Å². The zero-order valence-corrected chi connectivity index (χ0v) is 41.4. The molecule has 0 aromatic rings. The molecule has 0 aromatic heterocycles. The van der Waals surface area contributed by atoms with Crippen LogP contribution in [0.25, 0.3) is 0 Å². The molecule has 2 unspecified atom stereocenters. The average Bonchev–Trinajstić information content (AvgIpc) is 3.22. The Bertz CT molecular complexity index is 967. The van der Waals surface area contributed by atoms with Crippen LogP contribution in [0.5, 0.6) is 0 Å². The van der Waals surface area contributed by atoms with Crippen LogP contribution < -0.4 is 0 Å². The van der Waals surface area contributed by atoms with E-state index in [1.165, 1.54) is 199 Å². The molecule has 0 radical (unpaired) electrons. The number of hydrogen-bond acceptors (Lipinski definition) is 6. The summed E-state index contributed by atoms with van der Waals surface area (Å²) in [5.41, 5.74) is 0. The Labute approximate surface area is 378 Å². The Hall–Kier alpha value is -1.67. The van der Waals surface area contributed by atoms with E-state index in [9.17, 15) is 19.5 Å². The van der Waals surface area contributed by atoms with Crippen molar-refractivity contribution >= 4 is 17.9 Å². The summed E-state index contributed by atoms with van der Waals surface area (Å²) in [6.07, 6.45) is 48.7. The summed E-state index contributed by atoms with van der Waals surface area (Å²) < 4.78 is 17.4. The topological polar surface area (TPSA) is 99.1 Å². The zero-order valence-electron chi connectivity index (χ0n) is 41.4. The molecule has 0 heterocycles. The molecule has 61 heavy (non-hydrogen) atoms. The van der Waals surface area contributed by atoms with Gasteiger partial charge in [0.15, 0.2) is 12.1 Å². The normalized spacial score (nSPS) is 12.7. The lowest BCUT2D eigenvalue weighted by molar-refractivity contribution is -0.887. The van der Waals surface area contributed by atoms with Gasteiger partial charge < -0.3 is 23.8 Å². The molecule has 0 aliphatic rings. The highest BCUT2D eigenvalue weighted by molar-refractivity contribution is 5.72. The van der Waals surface area contributed by atoms with Crippen molar-refractivity contribution in [3.8, 4) is 0 Å². The Balaban J connectivity index is 4.13. The summed E-state index contributed by atoms with van der Waals surface area (Å²) >= 11 is 0. The fourth-order valence-electron chi connectivity index (χ4n) is 8.39. The molecule has 2 atom stereocenters. The van der Waals surface area contributed by atoms with Crippen LogP contribution in [0.2, 0.25) is 0 Å². The monoisotopic (exact) mass is 867 g/mol. The van der Waals surface area contributed by atoms with E-state index in [0.717, 1.165) is 38.5 Å². The standard InChI is InChI=1S/C53H103NO7/c1-6-8-10-12-14-16-18-20-22-23-24-25-26-27-28-29-30-32-34-36-38-40-42-44-52(56)61-49(47-59-46-45-50(53(57)58)54(3,4)5)48-60-51(55)43-41-39-37-35-33-31-21-19-17-15-13-11-9-7-2/h49-50H,6-48H2,1-5H3/p+1. The molecule has 0 saturated heterocycles. The minimum absolute atomic E-state index is 0.0414. The van der Waals surface area contributed by atoms with Gasteiger partial charge in [-0.1, -0.05) is 239 Å². The van der Waals surface area contributed by atoms with Gasteiger partial charge in [0.2, 0.25) is 0 Å². The lowest BCUT2D eigenvalue weighted by atomic mass is 10.0. The number of quaternary nitrogens is 1. The number of nitrogens with zero attached hydrogens (tertiary/aromatic N) is 1. The predicted molar refractivity (Wildman–Crippen MR) is 257 cm³/mol. The maximum Gasteiger partial charge on any atom is 0.362 e. The van der Waals surface area contributed by atoms with Crippen molar-refractivity contribution in [2.24, 2.45) is 0 Å². The molecule has 1 N–H and O–H groups in total. The van der Waals surface area contributed by atoms with E-state index in [2.05, 4.69) is 13.8 Å². The van der Waals surface area contributed by atoms with E-state index < -0.39 is 18.1 Å². The number of carbonyl (C=O) groups excluding carboxylic acids is 2. The molecule has 0 amide bonds. The quantitative estimate of drug-likeness (QED) is 0.0369. The summed E-state index contributed by atoms with van der Waals surface area (Å²) in [6.45, 7) is 4.80. The first-order valence-corrected chi connectivity index (χ1v) is 26.6. The number of hydrogen-bond donors (Lipinski definition) is 1. The Morgan fingerprint density at radius 2 is 0.721 bits per heavy atom. The smallest absolute Gasteiger partial charge is 0.362 e. The fraction of sp³-hybridized carbons (Fsp3) is 0.943. The third-order valence-corrected chi connectivity index (χ3v) is 12.5. The molecule has 8 heteroatoms. The van der Waals surface area contributed by atoms with E-state index in [4.69, 9.17) is 14.2 Å². The molecule has 8 nitrogen and oxygen atoms in total. The molecule has 0 aliphatic carbocycles. The van der Waals surface area contributed by atoms with Crippen molar-refractivity contribution in [2.45, 2.75) is 283 Å². The maximum absolute atomic E-state index is 12.8. The highest BCUT2D eigenvalue weighted by Gasteiger charge is 2.31. The van der Waals surface area contributed by atoms with Crippen LogP contribution in [-0.4, -0.2) is 80.6 Å². The molecule has 0 fully saturated rings. The molecule has 0 spiro atoms. The van der Waals surface area contributed by atoms with Crippen LogP contribution in [0.15, 0.2) is 0 Å². The van der Waals surface area contributed by atoms with Gasteiger partial charge >= 0.3 is 17.9 Å². The van der Waals surface area contributed by atoms with Gasteiger partial charge in [0.1, 0.15) is 6.61 Å². The van der Waals surface area contributed by atoms with Crippen LogP contribution in [0.1, 0.15) is 271 Å². The first-order chi connectivity index (χ1) is 29.6. The van der Waals surface area contributed by atoms with E-state index in [1.807, 2.05) is 21.1 Å².